The summed E-state index contributed by atoms with van der Waals surface area (Å²) in [6, 6.07) is 8.37. The standard InChI is InChI=1S/C19H32N2O/c1-18(2,15-6-8-17(22)9-7-15)14-19(3,4)21-12-10-16(20-5)11-13-21/h6-9,16,20,22H,10-14H2,1-5H3. The number of benzene rings is 1. The summed E-state index contributed by atoms with van der Waals surface area (Å²) in [7, 11) is 2.07. The third-order valence-corrected chi connectivity index (χ3v) is 5.28. The highest BCUT2D eigenvalue weighted by Crippen LogP contribution is 2.36. The number of nitrogens with zero attached hydrogens (tertiary/aromatic N) is 1. The van der Waals surface area contributed by atoms with E-state index in [-0.39, 0.29) is 11.0 Å². The number of piperidine rings is 1. The lowest BCUT2D eigenvalue weighted by Gasteiger charge is -2.46. The molecule has 0 amide bonds. The van der Waals surface area contributed by atoms with Crippen LogP contribution in [-0.2, 0) is 5.41 Å². The predicted molar refractivity (Wildman–Crippen MR) is 93.5 cm³/mol. The Labute approximate surface area is 135 Å². The van der Waals surface area contributed by atoms with Crippen molar-refractivity contribution in [3.05, 3.63) is 29.8 Å². The molecule has 0 aromatic heterocycles. The van der Waals surface area contributed by atoms with Crippen molar-refractivity contribution in [1.29, 1.82) is 0 Å². The van der Waals surface area contributed by atoms with Crippen LogP contribution in [0.1, 0.15) is 52.5 Å². The molecule has 0 bridgehead atoms. The molecule has 1 saturated heterocycles. The fraction of sp³-hybridized carbons (Fsp3) is 0.684. The third-order valence-electron chi connectivity index (χ3n) is 5.28. The van der Waals surface area contributed by atoms with Gasteiger partial charge in [0, 0.05) is 24.7 Å². The Bertz CT molecular complexity index is 471. The Morgan fingerprint density at radius 1 is 1.09 bits per heavy atom. The van der Waals surface area contributed by atoms with Crippen molar-refractivity contribution in [3.63, 3.8) is 0 Å². The van der Waals surface area contributed by atoms with E-state index in [2.05, 4.69) is 57.1 Å². The largest absolute Gasteiger partial charge is 0.508 e. The van der Waals surface area contributed by atoms with Gasteiger partial charge in [0.05, 0.1) is 0 Å². The minimum atomic E-state index is 0.0943. The second-order valence-corrected chi connectivity index (χ2v) is 7.97. The monoisotopic (exact) mass is 304 g/mol. The molecule has 124 valence electrons. The van der Waals surface area contributed by atoms with Crippen molar-refractivity contribution < 1.29 is 5.11 Å². The predicted octanol–water partition coefficient (Wildman–Crippen LogP) is 3.52. The lowest BCUT2D eigenvalue weighted by molar-refractivity contribution is 0.0618. The molecule has 0 saturated carbocycles. The van der Waals surface area contributed by atoms with E-state index in [0.29, 0.717) is 11.8 Å². The Balaban J connectivity index is 2.05. The first kappa shape index (κ1) is 17.3. The normalized spacial score (nSPS) is 18.6. The molecule has 22 heavy (non-hydrogen) atoms. The van der Waals surface area contributed by atoms with E-state index in [1.165, 1.54) is 31.5 Å². The summed E-state index contributed by atoms with van der Waals surface area (Å²) in [5.41, 5.74) is 1.57. The fourth-order valence-electron chi connectivity index (χ4n) is 3.98. The van der Waals surface area contributed by atoms with E-state index in [0.717, 1.165) is 6.42 Å². The maximum Gasteiger partial charge on any atom is 0.115 e. The minimum Gasteiger partial charge on any atom is -0.508 e. The van der Waals surface area contributed by atoms with Crippen LogP contribution in [0.3, 0.4) is 0 Å². The molecule has 1 heterocycles. The fourth-order valence-corrected chi connectivity index (χ4v) is 3.98. The summed E-state index contributed by atoms with van der Waals surface area (Å²) >= 11 is 0. The summed E-state index contributed by atoms with van der Waals surface area (Å²) < 4.78 is 0. The first-order chi connectivity index (χ1) is 10.2. The summed E-state index contributed by atoms with van der Waals surface area (Å²) in [4.78, 5) is 2.64. The maximum atomic E-state index is 9.49. The van der Waals surface area contributed by atoms with Gasteiger partial charge in [0.1, 0.15) is 5.75 Å². The lowest BCUT2D eigenvalue weighted by Crippen LogP contribution is -2.52. The van der Waals surface area contributed by atoms with Crippen LogP contribution in [0, 0.1) is 0 Å². The zero-order chi connectivity index (χ0) is 16.4. The molecule has 1 aliphatic heterocycles. The molecule has 1 aromatic rings. The van der Waals surface area contributed by atoms with Crippen molar-refractivity contribution in [3.8, 4) is 5.75 Å². The van der Waals surface area contributed by atoms with Crippen LogP contribution < -0.4 is 5.32 Å². The number of nitrogens with one attached hydrogen (secondary N) is 1. The first-order valence-corrected chi connectivity index (χ1v) is 8.46. The SMILES string of the molecule is CNC1CCN(C(C)(C)CC(C)(C)c2ccc(O)cc2)CC1. The van der Waals surface area contributed by atoms with Gasteiger partial charge in [0.25, 0.3) is 0 Å². The van der Waals surface area contributed by atoms with Gasteiger partial charge in [-0.25, -0.2) is 0 Å². The van der Waals surface area contributed by atoms with E-state index >= 15 is 0 Å². The smallest absolute Gasteiger partial charge is 0.115 e. The first-order valence-electron chi connectivity index (χ1n) is 8.46. The van der Waals surface area contributed by atoms with Gasteiger partial charge in [0.15, 0.2) is 0 Å². The Hall–Kier alpha value is -1.06. The number of phenolic OH excluding ortho intramolecular Hbond substituents is 1. The van der Waals surface area contributed by atoms with Gasteiger partial charge >= 0.3 is 0 Å². The van der Waals surface area contributed by atoms with Crippen LogP contribution in [0.25, 0.3) is 0 Å². The number of likely N-dealkylation sites (tertiary alicyclic amines) is 1. The van der Waals surface area contributed by atoms with Gasteiger partial charge in [-0.15, -0.1) is 0 Å². The maximum absolute atomic E-state index is 9.49. The van der Waals surface area contributed by atoms with E-state index in [1.807, 2.05) is 0 Å². The second kappa shape index (κ2) is 6.59. The van der Waals surface area contributed by atoms with Crippen LogP contribution in [0.2, 0.25) is 0 Å². The van der Waals surface area contributed by atoms with Gasteiger partial charge in [-0.05, 0) is 63.3 Å². The number of phenols is 1. The van der Waals surface area contributed by atoms with Gasteiger partial charge in [-0.2, -0.15) is 0 Å². The molecule has 1 fully saturated rings. The number of hydrogen-bond donors (Lipinski definition) is 2. The molecule has 3 nitrogen and oxygen atoms in total. The average molecular weight is 304 g/mol. The minimum absolute atomic E-state index is 0.0943. The number of aromatic hydroxyl groups is 1. The summed E-state index contributed by atoms with van der Waals surface area (Å²) in [5, 5.41) is 12.9. The zero-order valence-corrected chi connectivity index (χ0v) is 14.8. The highest BCUT2D eigenvalue weighted by Gasteiger charge is 2.36. The molecule has 2 N–H and O–H groups in total. The third kappa shape index (κ3) is 4.02. The summed E-state index contributed by atoms with van der Waals surface area (Å²) in [6.07, 6.45) is 3.58. The van der Waals surface area contributed by atoms with E-state index < -0.39 is 0 Å². The second-order valence-electron chi connectivity index (χ2n) is 7.97. The van der Waals surface area contributed by atoms with Gasteiger partial charge in [-0.1, -0.05) is 26.0 Å². The van der Waals surface area contributed by atoms with Gasteiger partial charge in [0.2, 0.25) is 0 Å². The van der Waals surface area contributed by atoms with Gasteiger partial charge < -0.3 is 10.4 Å². The molecule has 0 aliphatic carbocycles. The molecule has 0 spiro atoms. The summed E-state index contributed by atoms with van der Waals surface area (Å²) in [6.45, 7) is 11.7. The van der Waals surface area contributed by atoms with Crippen molar-refractivity contribution >= 4 is 0 Å². The van der Waals surface area contributed by atoms with Gasteiger partial charge in [-0.3, -0.25) is 4.90 Å². The highest BCUT2D eigenvalue weighted by molar-refractivity contribution is 5.31. The van der Waals surface area contributed by atoms with E-state index in [4.69, 9.17) is 0 Å². The van der Waals surface area contributed by atoms with Crippen molar-refractivity contribution in [2.45, 2.75) is 64.0 Å². The Morgan fingerprint density at radius 2 is 1.64 bits per heavy atom. The quantitative estimate of drug-likeness (QED) is 0.873. The van der Waals surface area contributed by atoms with Crippen LogP contribution in [-0.4, -0.2) is 41.7 Å². The summed E-state index contributed by atoms with van der Waals surface area (Å²) in [5.74, 6) is 0.341. The molecule has 2 rings (SSSR count). The molecule has 0 unspecified atom stereocenters. The zero-order valence-electron chi connectivity index (χ0n) is 14.8. The average Bonchev–Trinajstić information content (AvgIpc) is 2.46. The van der Waals surface area contributed by atoms with Crippen molar-refractivity contribution in [1.82, 2.24) is 10.2 Å². The van der Waals surface area contributed by atoms with Crippen LogP contribution in [0.15, 0.2) is 24.3 Å². The number of rotatable bonds is 5. The molecule has 0 atom stereocenters. The van der Waals surface area contributed by atoms with Crippen molar-refractivity contribution in [2.75, 3.05) is 20.1 Å². The molecule has 1 aromatic carbocycles. The lowest BCUT2D eigenvalue weighted by atomic mass is 9.74. The molecular weight excluding hydrogens is 272 g/mol. The van der Waals surface area contributed by atoms with Crippen molar-refractivity contribution in [2.24, 2.45) is 0 Å². The molecule has 3 heteroatoms. The Morgan fingerprint density at radius 3 is 2.14 bits per heavy atom. The van der Waals surface area contributed by atoms with Crippen LogP contribution >= 0.6 is 0 Å². The number of hydrogen-bond acceptors (Lipinski definition) is 3. The molecule has 1 aliphatic rings. The van der Waals surface area contributed by atoms with E-state index in [1.54, 1.807) is 12.1 Å². The molecule has 0 radical (unpaired) electrons. The Kier molecular flexibility index (Phi) is 5.18. The molecular formula is C19H32N2O. The van der Waals surface area contributed by atoms with Crippen LogP contribution in [0.5, 0.6) is 5.75 Å². The van der Waals surface area contributed by atoms with E-state index in [9.17, 15) is 5.11 Å². The van der Waals surface area contributed by atoms with Crippen LogP contribution in [0.4, 0.5) is 0 Å². The topological polar surface area (TPSA) is 35.5 Å². The highest BCUT2D eigenvalue weighted by atomic mass is 16.3.